The molecule has 1 aromatic carbocycles. The predicted molar refractivity (Wildman–Crippen MR) is 109 cm³/mol. The van der Waals surface area contributed by atoms with E-state index in [1.807, 2.05) is 4.90 Å². The van der Waals surface area contributed by atoms with Crippen molar-refractivity contribution in [2.75, 3.05) is 31.6 Å². The molecule has 1 atom stereocenters. The lowest BCUT2D eigenvalue weighted by Crippen LogP contribution is -2.45. The van der Waals surface area contributed by atoms with Crippen LogP contribution in [0.2, 0.25) is 0 Å². The second-order valence-corrected chi connectivity index (χ2v) is 7.06. The Morgan fingerprint density at radius 3 is 2.93 bits per heavy atom. The van der Waals surface area contributed by atoms with Crippen molar-refractivity contribution in [3.63, 3.8) is 0 Å². The Labute approximate surface area is 160 Å². The Bertz CT molecular complexity index is 805. The van der Waals surface area contributed by atoms with Crippen LogP contribution in [-0.4, -0.2) is 43.7 Å². The van der Waals surface area contributed by atoms with E-state index in [2.05, 4.69) is 52.7 Å². The first-order chi connectivity index (χ1) is 13.1. The van der Waals surface area contributed by atoms with Crippen LogP contribution >= 0.6 is 0 Å². The summed E-state index contributed by atoms with van der Waals surface area (Å²) in [6, 6.07) is 9.85. The van der Waals surface area contributed by atoms with Gasteiger partial charge in [-0.05, 0) is 49.9 Å². The lowest BCUT2D eigenvalue weighted by atomic mass is 10.0. The fourth-order valence-corrected chi connectivity index (χ4v) is 3.51. The highest BCUT2D eigenvalue weighted by Crippen LogP contribution is 2.20. The molecule has 1 aromatic heterocycles. The van der Waals surface area contributed by atoms with Gasteiger partial charge in [0.1, 0.15) is 0 Å². The van der Waals surface area contributed by atoms with Gasteiger partial charge in [0.15, 0.2) is 17.6 Å². The number of aliphatic imine (C=N–C) groups is 1. The van der Waals surface area contributed by atoms with E-state index in [1.54, 1.807) is 19.3 Å². The van der Waals surface area contributed by atoms with Crippen molar-refractivity contribution in [2.45, 2.75) is 32.7 Å². The molecule has 2 aromatic rings. The SMILES string of the molecule is CN=C(NCCc1ccc(C)cc1C)NC1CCN(c2ncccc2F)C1. The van der Waals surface area contributed by atoms with Gasteiger partial charge in [-0.2, -0.15) is 0 Å². The maximum absolute atomic E-state index is 13.9. The summed E-state index contributed by atoms with van der Waals surface area (Å²) in [6.45, 7) is 6.58. The van der Waals surface area contributed by atoms with Gasteiger partial charge in [-0.3, -0.25) is 4.99 Å². The zero-order chi connectivity index (χ0) is 19.2. The van der Waals surface area contributed by atoms with E-state index in [9.17, 15) is 4.39 Å². The van der Waals surface area contributed by atoms with Crippen LogP contribution in [0.1, 0.15) is 23.1 Å². The van der Waals surface area contributed by atoms with E-state index >= 15 is 0 Å². The minimum atomic E-state index is -0.269. The predicted octanol–water partition coefficient (Wildman–Crippen LogP) is 2.82. The van der Waals surface area contributed by atoms with Crippen LogP contribution in [-0.2, 0) is 6.42 Å². The third-order valence-corrected chi connectivity index (χ3v) is 4.98. The summed E-state index contributed by atoms with van der Waals surface area (Å²) in [4.78, 5) is 10.5. The van der Waals surface area contributed by atoms with Crippen LogP contribution in [0.15, 0.2) is 41.5 Å². The number of guanidine groups is 1. The number of aromatic nitrogens is 1. The van der Waals surface area contributed by atoms with Crippen molar-refractivity contribution in [2.24, 2.45) is 4.99 Å². The summed E-state index contributed by atoms with van der Waals surface area (Å²) >= 11 is 0. The molecule has 2 heterocycles. The average molecular weight is 369 g/mol. The number of nitrogens with zero attached hydrogens (tertiary/aromatic N) is 3. The molecule has 5 nitrogen and oxygen atoms in total. The molecule has 1 aliphatic heterocycles. The minimum Gasteiger partial charge on any atom is -0.356 e. The minimum absolute atomic E-state index is 0.221. The second kappa shape index (κ2) is 8.84. The Hall–Kier alpha value is -2.63. The monoisotopic (exact) mass is 369 g/mol. The number of halogens is 1. The lowest BCUT2D eigenvalue weighted by Gasteiger charge is -2.20. The molecule has 27 heavy (non-hydrogen) atoms. The van der Waals surface area contributed by atoms with Crippen LogP contribution in [0.5, 0.6) is 0 Å². The molecule has 0 spiro atoms. The molecule has 2 N–H and O–H groups in total. The molecule has 6 heteroatoms. The van der Waals surface area contributed by atoms with Crippen LogP contribution in [0.3, 0.4) is 0 Å². The smallest absolute Gasteiger partial charge is 0.191 e. The molecule has 0 radical (unpaired) electrons. The Balaban J connectivity index is 1.49. The molecule has 0 aliphatic carbocycles. The topological polar surface area (TPSA) is 52.6 Å². The number of benzene rings is 1. The highest BCUT2D eigenvalue weighted by molar-refractivity contribution is 5.80. The first-order valence-electron chi connectivity index (χ1n) is 9.45. The number of hydrogen-bond donors (Lipinski definition) is 2. The van der Waals surface area contributed by atoms with Gasteiger partial charge in [-0.1, -0.05) is 23.8 Å². The summed E-state index contributed by atoms with van der Waals surface area (Å²) in [5, 5.41) is 6.83. The van der Waals surface area contributed by atoms with Crippen molar-refractivity contribution in [3.8, 4) is 0 Å². The highest BCUT2D eigenvalue weighted by atomic mass is 19.1. The molecular formula is C21H28FN5. The molecular weight excluding hydrogens is 341 g/mol. The van der Waals surface area contributed by atoms with Crippen LogP contribution in [0.25, 0.3) is 0 Å². The van der Waals surface area contributed by atoms with E-state index in [0.29, 0.717) is 12.4 Å². The van der Waals surface area contributed by atoms with Crippen LogP contribution in [0.4, 0.5) is 10.2 Å². The summed E-state index contributed by atoms with van der Waals surface area (Å²) in [5.41, 5.74) is 3.96. The molecule has 1 saturated heterocycles. The third kappa shape index (κ3) is 4.96. The van der Waals surface area contributed by atoms with E-state index in [-0.39, 0.29) is 11.9 Å². The number of aryl methyl sites for hydroxylation is 2. The van der Waals surface area contributed by atoms with Gasteiger partial charge in [0, 0.05) is 38.9 Å². The van der Waals surface area contributed by atoms with Crippen molar-refractivity contribution in [1.29, 1.82) is 0 Å². The Morgan fingerprint density at radius 2 is 2.19 bits per heavy atom. The second-order valence-electron chi connectivity index (χ2n) is 7.06. The summed E-state index contributed by atoms with van der Waals surface area (Å²) in [5.74, 6) is 0.946. The summed E-state index contributed by atoms with van der Waals surface area (Å²) in [7, 11) is 1.78. The molecule has 1 aliphatic rings. The molecule has 0 bridgehead atoms. The van der Waals surface area contributed by atoms with Crippen LogP contribution < -0.4 is 15.5 Å². The summed E-state index contributed by atoms with van der Waals surface area (Å²) < 4.78 is 13.9. The zero-order valence-electron chi connectivity index (χ0n) is 16.3. The van der Waals surface area contributed by atoms with E-state index in [0.717, 1.165) is 31.9 Å². The fourth-order valence-electron chi connectivity index (χ4n) is 3.51. The largest absolute Gasteiger partial charge is 0.356 e. The number of anilines is 1. The zero-order valence-corrected chi connectivity index (χ0v) is 16.3. The van der Waals surface area contributed by atoms with Crippen molar-refractivity contribution in [3.05, 3.63) is 59.0 Å². The van der Waals surface area contributed by atoms with E-state index < -0.39 is 0 Å². The average Bonchev–Trinajstić information content (AvgIpc) is 3.11. The standard InChI is InChI=1S/C21H28FN5/c1-15-6-7-17(16(2)13-15)8-11-25-21(23-3)26-18-9-12-27(14-18)20-19(22)5-4-10-24-20/h4-7,10,13,18H,8-9,11-12,14H2,1-3H3,(H2,23,25,26). The fraction of sp³-hybridized carbons (Fsp3) is 0.429. The van der Waals surface area contributed by atoms with Crippen molar-refractivity contribution >= 4 is 11.8 Å². The Morgan fingerprint density at radius 1 is 1.33 bits per heavy atom. The number of hydrogen-bond acceptors (Lipinski definition) is 3. The number of rotatable bonds is 5. The lowest BCUT2D eigenvalue weighted by molar-refractivity contribution is 0.612. The van der Waals surface area contributed by atoms with E-state index in [1.165, 1.54) is 22.8 Å². The van der Waals surface area contributed by atoms with Crippen molar-refractivity contribution < 1.29 is 4.39 Å². The van der Waals surface area contributed by atoms with Gasteiger partial charge < -0.3 is 15.5 Å². The highest BCUT2D eigenvalue weighted by Gasteiger charge is 2.25. The third-order valence-electron chi connectivity index (χ3n) is 4.98. The van der Waals surface area contributed by atoms with Gasteiger partial charge in [-0.25, -0.2) is 9.37 Å². The number of pyridine rings is 1. The molecule has 0 amide bonds. The molecule has 0 saturated carbocycles. The molecule has 1 fully saturated rings. The molecule has 3 rings (SSSR count). The first-order valence-corrected chi connectivity index (χ1v) is 9.45. The maximum Gasteiger partial charge on any atom is 0.191 e. The van der Waals surface area contributed by atoms with Gasteiger partial charge >= 0.3 is 0 Å². The van der Waals surface area contributed by atoms with Gasteiger partial charge in [0.25, 0.3) is 0 Å². The molecule has 1 unspecified atom stereocenters. The van der Waals surface area contributed by atoms with Gasteiger partial charge in [-0.15, -0.1) is 0 Å². The van der Waals surface area contributed by atoms with Gasteiger partial charge in [0.05, 0.1) is 0 Å². The summed E-state index contributed by atoms with van der Waals surface area (Å²) in [6.07, 6.45) is 3.50. The van der Waals surface area contributed by atoms with Crippen molar-refractivity contribution in [1.82, 2.24) is 15.6 Å². The number of nitrogens with one attached hydrogen (secondary N) is 2. The van der Waals surface area contributed by atoms with Gasteiger partial charge in [0.2, 0.25) is 0 Å². The Kier molecular flexibility index (Phi) is 6.27. The first kappa shape index (κ1) is 19.1. The van der Waals surface area contributed by atoms with Crippen LogP contribution in [0, 0.1) is 19.7 Å². The van der Waals surface area contributed by atoms with E-state index in [4.69, 9.17) is 0 Å². The maximum atomic E-state index is 13.9. The quantitative estimate of drug-likeness (QED) is 0.629. The molecule has 144 valence electrons. The normalized spacial score (nSPS) is 17.3.